The van der Waals surface area contributed by atoms with E-state index in [0.717, 1.165) is 4.68 Å². The van der Waals surface area contributed by atoms with Crippen LogP contribution in [0.5, 0.6) is 0 Å². The van der Waals surface area contributed by atoms with Crippen LogP contribution in [-0.2, 0) is 0 Å². The third kappa shape index (κ3) is 2.43. The summed E-state index contributed by atoms with van der Waals surface area (Å²) >= 11 is 5.92. The quantitative estimate of drug-likeness (QED) is 0.608. The molecule has 2 aromatic heterocycles. The van der Waals surface area contributed by atoms with Gasteiger partial charge in [-0.25, -0.2) is 9.66 Å². The van der Waals surface area contributed by atoms with Crippen LogP contribution in [0.2, 0.25) is 5.02 Å². The van der Waals surface area contributed by atoms with E-state index >= 15 is 0 Å². The lowest BCUT2D eigenvalue weighted by Crippen LogP contribution is -2.33. The lowest BCUT2D eigenvalue weighted by Gasteiger charge is -2.06. The molecule has 0 saturated heterocycles. The Morgan fingerprint density at radius 3 is 2.88 bits per heavy atom. The predicted octanol–water partition coefficient (Wildman–Crippen LogP) is 3.18. The second kappa shape index (κ2) is 5.50. The maximum Gasteiger partial charge on any atom is 0.305 e. The number of nitrogens with zero attached hydrogens (tertiary/aromatic N) is 2. The van der Waals surface area contributed by atoms with Gasteiger partial charge in [0.2, 0.25) is 0 Å². The van der Waals surface area contributed by atoms with Gasteiger partial charge in [0.05, 0.1) is 10.9 Å². The highest BCUT2D eigenvalue weighted by Crippen LogP contribution is 2.23. The molecular weight excluding hydrogens is 330 g/mol. The van der Waals surface area contributed by atoms with Crippen LogP contribution in [0.25, 0.3) is 21.9 Å². The summed E-state index contributed by atoms with van der Waals surface area (Å²) in [6.45, 7) is 0. The normalized spacial score (nSPS) is 11.0. The molecular formula is C17H10ClN3O3. The molecule has 4 aromatic rings. The smallest absolute Gasteiger partial charge is 0.305 e. The number of nitrogens with one attached hydrogen (secondary N) is 1. The molecule has 0 saturated carbocycles. The van der Waals surface area contributed by atoms with Crippen molar-refractivity contribution >= 4 is 39.4 Å². The molecule has 0 atom stereocenters. The van der Waals surface area contributed by atoms with Crippen LogP contribution in [-0.4, -0.2) is 15.6 Å². The van der Waals surface area contributed by atoms with E-state index < -0.39 is 5.91 Å². The molecule has 0 aliphatic carbocycles. The van der Waals surface area contributed by atoms with Gasteiger partial charge in [0.15, 0.2) is 5.76 Å². The molecule has 24 heavy (non-hydrogen) atoms. The third-order valence-corrected chi connectivity index (χ3v) is 3.82. The second-order valence-corrected chi connectivity index (χ2v) is 5.61. The Morgan fingerprint density at radius 2 is 2.00 bits per heavy atom. The van der Waals surface area contributed by atoms with Gasteiger partial charge in [-0.3, -0.25) is 15.0 Å². The molecule has 0 fully saturated rings. The lowest BCUT2D eigenvalue weighted by molar-refractivity contribution is 0.0982. The summed E-state index contributed by atoms with van der Waals surface area (Å²) in [5.41, 5.74) is 3.20. The number of aromatic nitrogens is 2. The Kier molecular flexibility index (Phi) is 3.32. The van der Waals surface area contributed by atoms with Gasteiger partial charge in [-0.2, -0.15) is 0 Å². The fourth-order valence-electron chi connectivity index (χ4n) is 2.44. The molecule has 1 N–H and O–H groups in total. The highest BCUT2D eigenvalue weighted by Gasteiger charge is 2.14. The van der Waals surface area contributed by atoms with Gasteiger partial charge in [0.1, 0.15) is 11.9 Å². The number of hydrogen-bond donors (Lipinski definition) is 1. The van der Waals surface area contributed by atoms with Crippen LogP contribution in [0, 0.1) is 0 Å². The number of para-hydroxylation sites is 1. The molecule has 7 heteroatoms. The van der Waals surface area contributed by atoms with Gasteiger partial charge in [-0.15, -0.1) is 0 Å². The number of fused-ring (bicyclic) bond motifs is 2. The van der Waals surface area contributed by atoms with Crippen molar-refractivity contribution in [3.8, 4) is 0 Å². The van der Waals surface area contributed by atoms with Crippen LogP contribution in [0.15, 0.2) is 64.1 Å². The number of hydrogen-bond acceptors (Lipinski definition) is 4. The molecule has 6 nitrogen and oxygen atoms in total. The molecule has 1 amide bonds. The van der Waals surface area contributed by atoms with Gasteiger partial charge in [-0.1, -0.05) is 23.7 Å². The summed E-state index contributed by atoms with van der Waals surface area (Å²) < 4.78 is 6.51. The Bertz CT molecular complexity index is 1150. The van der Waals surface area contributed by atoms with Crippen molar-refractivity contribution < 1.29 is 9.21 Å². The Balaban J connectivity index is 1.70. The van der Waals surface area contributed by atoms with Crippen molar-refractivity contribution in [2.45, 2.75) is 0 Å². The largest absolute Gasteiger partial charge is 0.451 e. The molecule has 0 bridgehead atoms. The monoisotopic (exact) mass is 339 g/mol. The number of carbonyl (C=O) groups is 1. The van der Waals surface area contributed by atoms with E-state index in [1.54, 1.807) is 48.5 Å². The zero-order valence-corrected chi connectivity index (χ0v) is 12.9. The zero-order valence-electron chi connectivity index (χ0n) is 12.2. The fourth-order valence-corrected chi connectivity index (χ4v) is 2.62. The summed E-state index contributed by atoms with van der Waals surface area (Å²) in [6, 6.07) is 13.5. The average molecular weight is 340 g/mol. The minimum Gasteiger partial charge on any atom is -0.451 e. The van der Waals surface area contributed by atoms with Gasteiger partial charge in [-0.05, 0) is 36.4 Å². The summed E-state index contributed by atoms with van der Waals surface area (Å²) in [5, 5.41) is 1.67. The van der Waals surface area contributed by atoms with Crippen molar-refractivity contribution in [3.63, 3.8) is 0 Å². The number of halogens is 1. The fraction of sp³-hybridized carbons (Fsp3) is 0. The van der Waals surface area contributed by atoms with Gasteiger partial charge < -0.3 is 4.42 Å². The van der Waals surface area contributed by atoms with Crippen molar-refractivity contribution in [3.05, 3.63) is 76.0 Å². The summed E-state index contributed by atoms with van der Waals surface area (Å²) in [5.74, 6) is -0.478. The van der Waals surface area contributed by atoms with Crippen LogP contribution < -0.4 is 11.0 Å². The van der Waals surface area contributed by atoms with Crippen molar-refractivity contribution in [2.24, 2.45) is 0 Å². The van der Waals surface area contributed by atoms with E-state index in [4.69, 9.17) is 16.0 Å². The standard InChI is InChI=1S/C17H10ClN3O3/c18-11-5-6-14-10(7-11)8-15(24-14)16(22)20-21-9-19-13-4-2-1-3-12(13)17(21)23/h1-9H,(H,20,22). The average Bonchev–Trinajstić information content (AvgIpc) is 3.01. The minimum absolute atomic E-state index is 0.0762. The van der Waals surface area contributed by atoms with E-state index in [1.807, 2.05) is 0 Å². The first-order valence-electron chi connectivity index (χ1n) is 7.09. The van der Waals surface area contributed by atoms with Crippen LogP contribution >= 0.6 is 11.6 Å². The number of amides is 1. The highest BCUT2D eigenvalue weighted by atomic mass is 35.5. The van der Waals surface area contributed by atoms with E-state index in [1.165, 1.54) is 6.33 Å². The molecule has 2 aromatic carbocycles. The molecule has 2 heterocycles. The summed E-state index contributed by atoms with van der Waals surface area (Å²) in [6.07, 6.45) is 1.27. The maximum absolute atomic E-state index is 12.4. The molecule has 0 aliphatic heterocycles. The van der Waals surface area contributed by atoms with E-state index in [-0.39, 0.29) is 11.3 Å². The summed E-state index contributed by atoms with van der Waals surface area (Å²) in [7, 11) is 0. The molecule has 4 rings (SSSR count). The first-order chi connectivity index (χ1) is 11.6. The number of benzene rings is 2. The number of rotatable bonds is 2. The van der Waals surface area contributed by atoms with E-state index in [0.29, 0.717) is 26.9 Å². The first-order valence-corrected chi connectivity index (χ1v) is 7.46. The van der Waals surface area contributed by atoms with Crippen molar-refractivity contribution in [1.82, 2.24) is 9.66 Å². The maximum atomic E-state index is 12.4. The Labute approximate surface area is 140 Å². The molecule has 118 valence electrons. The van der Waals surface area contributed by atoms with E-state index in [2.05, 4.69) is 10.4 Å². The van der Waals surface area contributed by atoms with Crippen molar-refractivity contribution in [1.29, 1.82) is 0 Å². The predicted molar refractivity (Wildman–Crippen MR) is 90.9 cm³/mol. The van der Waals surface area contributed by atoms with Crippen molar-refractivity contribution in [2.75, 3.05) is 5.43 Å². The molecule has 0 spiro atoms. The Hall–Kier alpha value is -3.12. The number of carbonyl (C=O) groups excluding carboxylic acids is 1. The zero-order chi connectivity index (χ0) is 16.7. The topological polar surface area (TPSA) is 77.1 Å². The Morgan fingerprint density at radius 1 is 1.17 bits per heavy atom. The lowest BCUT2D eigenvalue weighted by atomic mass is 10.2. The highest BCUT2D eigenvalue weighted by molar-refractivity contribution is 6.31. The minimum atomic E-state index is -0.554. The molecule has 0 unspecified atom stereocenters. The van der Waals surface area contributed by atoms with E-state index in [9.17, 15) is 9.59 Å². The van der Waals surface area contributed by atoms with Gasteiger partial charge >= 0.3 is 5.91 Å². The summed E-state index contributed by atoms with van der Waals surface area (Å²) in [4.78, 5) is 28.8. The number of furan rings is 1. The van der Waals surface area contributed by atoms with Crippen LogP contribution in [0.4, 0.5) is 0 Å². The van der Waals surface area contributed by atoms with Gasteiger partial charge in [0, 0.05) is 10.4 Å². The SMILES string of the molecule is O=C(Nn1cnc2ccccc2c1=O)c1cc2cc(Cl)ccc2o1. The van der Waals surface area contributed by atoms with Gasteiger partial charge in [0.25, 0.3) is 5.56 Å². The third-order valence-electron chi connectivity index (χ3n) is 3.59. The second-order valence-electron chi connectivity index (χ2n) is 5.17. The molecule has 0 aliphatic rings. The van der Waals surface area contributed by atoms with Crippen LogP contribution in [0.1, 0.15) is 10.6 Å². The first kappa shape index (κ1) is 14.5. The van der Waals surface area contributed by atoms with Crippen LogP contribution in [0.3, 0.4) is 0 Å². The molecule has 0 radical (unpaired) electrons.